The molecule has 2 amide bonds. The summed E-state index contributed by atoms with van der Waals surface area (Å²) in [6, 6.07) is 11.1. The van der Waals surface area contributed by atoms with Crippen LogP contribution in [-0.4, -0.2) is 44.8 Å². The van der Waals surface area contributed by atoms with Crippen molar-refractivity contribution >= 4 is 11.8 Å². The molecule has 0 aromatic heterocycles. The van der Waals surface area contributed by atoms with Gasteiger partial charge in [-0.05, 0) is 56.5 Å². The molecule has 2 aromatic carbocycles. The first-order valence-electron chi connectivity index (χ1n) is 10.5. The largest absolute Gasteiger partial charge is 0.493 e. The lowest BCUT2D eigenvalue weighted by molar-refractivity contribution is -0.120. The van der Waals surface area contributed by atoms with Gasteiger partial charge >= 0.3 is 0 Å². The first-order chi connectivity index (χ1) is 14.9. The number of amides is 2. The van der Waals surface area contributed by atoms with Gasteiger partial charge in [-0.2, -0.15) is 0 Å². The fourth-order valence-corrected chi connectivity index (χ4v) is 3.53. The highest BCUT2D eigenvalue weighted by atomic mass is 16.5. The Balaban J connectivity index is 1.47. The quantitative estimate of drug-likeness (QED) is 0.644. The van der Waals surface area contributed by atoms with E-state index < -0.39 is 0 Å². The third-order valence-corrected chi connectivity index (χ3v) is 5.06. The smallest absolute Gasteiger partial charge is 0.251 e. The molecule has 1 saturated heterocycles. The van der Waals surface area contributed by atoms with Gasteiger partial charge in [0, 0.05) is 18.7 Å². The second kappa shape index (κ2) is 10.8. The van der Waals surface area contributed by atoms with Gasteiger partial charge in [-0.15, -0.1) is 0 Å². The minimum Gasteiger partial charge on any atom is -0.493 e. The Labute approximate surface area is 183 Å². The molecule has 1 atom stereocenters. The summed E-state index contributed by atoms with van der Waals surface area (Å²) in [7, 11) is 1.58. The average molecular weight is 427 g/mol. The van der Waals surface area contributed by atoms with E-state index in [4.69, 9.17) is 14.2 Å². The molecule has 3 rings (SSSR count). The topological polar surface area (TPSA) is 85.9 Å². The van der Waals surface area contributed by atoms with E-state index in [1.54, 1.807) is 19.2 Å². The summed E-state index contributed by atoms with van der Waals surface area (Å²) in [5.74, 6) is 0.716. The molecular weight excluding hydrogens is 396 g/mol. The molecule has 1 fully saturated rings. The Morgan fingerprint density at radius 3 is 2.52 bits per heavy atom. The zero-order valence-electron chi connectivity index (χ0n) is 18.3. The fraction of sp³-hybridized carbons (Fsp3) is 0.417. The van der Waals surface area contributed by atoms with Crippen molar-refractivity contribution in [3.63, 3.8) is 0 Å². The van der Waals surface area contributed by atoms with E-state index in [0.717, 1.165) is 36.1 Å². The molecule has 1 unspecified atom stereocenters. The van der Waals surface area contributed by atoms with Gasteiger partial charge in [0.25, 0.3) is 5.91 Å². The van der Waals surface area contributed by atoms with Crippen molar-refractivity contribution in [3.05, 3.63) is 58.7 Å². The highest BCUT2D eigenvalue weighted by Crippen LogP contribution is 2.29. The standard InChI is InChI=1S/C24H30N2O5/c1-16-9-17(2)11-19(10-16)24(28)26-14-23(27)25-13-18-6-7-21(22(12-18)29-3)31-15-20-5-4-8-30-20/h6-7,9-12,20H,4-5,8,13-15H2,1-3H3,(H,25,27)(H,26,28). The van der Waals surface area contributed by atoms with Crippen LogP contribution in [0, 0.1) is 13.8 Å². The first-order valence-corrected chi connectivity index (χ1v) is 10.5. The van der Waals surface area contributed by atoms with Gasteiger partial charge in [-0.1, -0.05) is 23.3 Å². The van der Waals surface area contributed by atoms with Crippen LogP contribution in [0.3, 0.4) is 0 Å². The molecule has 0 bridgehead atoms. The highest BCUT2D eigenvalue weighted by Gasteiger charge is 2.17. The van der Waals surface area contributed by atoms with Crippen LogP contribution in [0.5, 0.6) is 11.5 Å². The Bertz CT molecular complexity index is 902. The molecular formula is C24H30N2O5. The summed E-state index contributed by atoms with van der Waals surface area (Å²) in [5, 5.41) is 5.46. The third-order valence-electron chi connectivity index (χ3n) is 5.06. The van der Waals surface area contributed by atoms with E-state index in [1.807, 2.05) is 38.1 Å². The van der Waals surface area contributed by atoms with Crippen molar-refractivity contribution < 1.29 is 23.8 Å². The molecule has 166 valence electrons. The van der Waals surface area contributed by atoms with Gasteiger partial charge in [0.2, 0.25) is 5.91 Å². The number of ether oxygens (including phenoxy) is 3. The van der Waals surface area contributed by atoms with E-state index in [9.17, 15) is 9.59 Å². The summed E-state index contributed by atoms with van der Waals surface area (Å²) in [5.41, 5.74) is 3.43. The monoisotopic (exact) mass is 426 g/mol. The molecule has 0 saturated carbocycles. The maximum absolute atomic E-state index is 12.3. The minimum atomic E-state index is -0.268. The van der Waals surface area contributed by atoms with Crippen LogP contribution in [0.25, 0.3) is 0 Å². The molecule has 7 nitrogen and oxygen atoms in total. The first kappa shape index (κ1) is 22.6. The predicted molar refractivity (Wildman–Crippen MR) is 118 cm³/mol. The second-order valence-corrected chi connectivity index (χ2v) is 7.77. The number of rotatable bonds is 9. The van der Waals surface area contributed by atoms with E-state index in [-0.39, 0.29) is 24.5 Å². The number of hydrogen-bond acceptors (Lipinski definition) is 5. The van der Waals surface area contributed by atoms with Crippen molar-refractivity contribution in [2.75, 3.05) is 26.9 Å². The van der Waals surface area contributed by atoms with Crippen molar-refractivity contribution in [1.82, 2.24) is 10.6 Å². The van der Waals surface area contributed by atoms with E-state index >= 15 is 0 Å². The van der Waals surface area contributed by atoms with Crippen LogP contribution in [0.2, 0.25) is 0 Å². The summed E-state index contributed by atoms with van der Waals surface area (Å²) in [6.07, 6.45) is 2.20. The Morgan fingerprint density at radius 1 is 1.06 bits per heavy atom. The second-order valence-electron chi connectivity index (χ2n) is 7.77. The van der Waals surface area contributed by atoms with Gasteiger partial charge in [0.1, 0.15) is 6.61 Å². The number of carbonyl (C=O) groups excluding carboxylic acids is 2. The van der Waals surface area contributed by atoms with Gasteiger partial charge in [-0.3, -0.25) is 9.59 Å². The molecule has 1 aliphatic heterocycles. The number of hydrogen-bond donors (Lipinski definition) is 2. The summed E-state index contributed by atoms with van der Waals surface area (Å²) in [4.78, 5) is 24.4. The maximum atomic E-state index is 12.3. The molecule has 0 aliphatic carbocycles. The molecule has 7 heteroatoms. The number of methoxy groups -OCH3 is 1. The zero-order valence-corrected chi connectivity index (χ0v) is 18.3. The summed E-state index contributed by atoms with van der Waals surface area (Å²) in [6.45, 7) is 5.38. The Kier molecular flexibility index (Phi) is 7.89. The lowest BCUT2D eigenvalue weighted by atomic mass is 10.1. The number of carbonyl (C=O) groups is 2. The normalized spacial score (nSPS) is 15.4. The van der Waals surface area contributed by atoms with Crippen LogP contribution in [-0.2, 0) is 16.1 Å². The van der Waals surface area contributed by atoms with Gasteiger partial charge in [0.05, 0.1) is 19.8 Å². The predicted octanol–water partition coefficient (Wildman–Crippen LogP) is 2.92. The van der Waals surface area contributed by atoms with Gasteiger partial charge < -0.3 is 24.8 Å². The van der Waals surface area contributed by atoms with Gasteiger partial charge in [-0.25, -0.2) is 0 Å². The van der Waals surface area contributed by atoms with Crippen molar-refractivity contribution in [1.29, 1.82) is 0 Å². The SMILES string of the molecule is COc1cc(CNC(=O)CNC(=O)c2cc(C)cc(C)c2)ccc1OCC1CCCO1. The molecule has 0 spiro atoms. The average Bonchev–Trinajstić information content (AvgIpc) is 3.27. The van der Waals surface area contributed by atoms with Crippen LogP contribution in [0.4, 0.5) is 0 Å². The van der Waals surface area contributed by atoms with E-state index in [2.05, 4.69) is 10.6 Å². The Morgan fingerprint density at radius 2 is 1.84 bits per heavy atom. The molecule has 1 heterocycles. The molecule has 2 aromatic rings. The molecule has 2 N–H and O–H groups in total. The molecule has 0 radical (unpaired) electrons. The lowest BCUT2D eigenvalue weighted by Gasteiger charge is -2.15. The number of aryl methyl sites for hydroxylation is 2. The van der Waals surface area contributed by atoms with Crippen molar-refractivity contribution in [3.8, 4) is 11.5 Å². The van der Waals surface area contributed by atoms with Crippen LogP contribution in [0.15, 0.2) is 36.4 Å². The zero-order chi connectivity index (χ0) is 22.2. The van der Waals surface area contributed by atoms with Crippen molar-refractivity contribution in [2.45, 2.75) is 39.3 Å². The van der Waals surface area contributed by atoms with Crippen LogP contribution >= 0.6 is 0 Å². The summed E-state index contributed by atoms with van der Waals surface area (Å²) >= 11 is 0. The minimum absolute atomic E-state index is 0.0917. The Hall–Kier alpha value is -3.06. The summed E-state index contributed by atoms with van der Waals surface area (Å²) < 4.78 is 16.8. The maximum Gasteiger partial charge on any atom is 0.251 e. The van der Waals surface area contributed by atoms with E-state index in [0.29, 0.717) is 30.2 Å². The number of benzene rings is 2. The van der Waals surface area contributed by atoms with Crippen LogP contribution in [0.1, 0.15) is 39.9 Å². The number of nitrogens with one attached hydrogen (secondary N) is 2. The van der Waals surface area contributed by atoms with Crippen LogP contribution < -0.4 is 20.1 Å². The lowest BCUT2D eigenvalue weighted by Crippen LogP contribution is -2.36. The fourth-order valence-electron chi connectivity index (χ4n) is 3.53. The molecule has 31 heavy (non-hydrogen) atoms. The van der Waals surface area contributed by atoms with E-state index in [1.165, 1.54) is 0 Å². The molecule has 1 aliphatic rings. The third kappa shape index (κ3) is 6.72. The highest BCUT2D eigenvalue weighted by molar-refractivity contribution is 5.96. The van der Waals surface area contributed by atoms with Gasteiger partial charge in [0.15, 0.2) is 11.5 Å². The van der Waals surface area contributed by atoms with Crippen molar-refractivity contribution in [2.24, 2.45) is 0 Å².